The number of nitrogens with zero attached hydrogens (tertiary/aromatic N) is 2. The van der Waals surface area contributed by atoms with E-state index in [9.17, 15) is 4.79 Å². The molecule has 0 amide bonds. The number of aromatic nitrogens is 1. The van der Waals surface area contributed by atoms with Gasteiger partial charge in [0.1, 0.15) is 5.84 Å². The normalized spacial score (nSPS) is 15.4. The molecule has 0 unspecified atom stereocenters. The van der Waals surface area contributed by atoms with E-state index in [1.165, 1.54) is 18.0 Å². The number of ketones is 1. The van der Waals surface area contributed by atoms with Crippen molar-refractivity contribution in [3.8, 4) is 5.69 Å². The van der Waals surface area contributed by atoms with Crippen molar-refractivity contribution in [1.29, 1.82) is 0 Å². The number of anilines is 2. The largest absolute Gasteiger partial charge is 0.398 e. The van der Waals surface area contributed by atoms with Crippen LogP contribution >= 0.6 is 11.8 Å². The van der Waals surface area contributed by atoms with Gasteiger partial charge in [-0.25, -0.2) is 4.99 Å². The summed E-state index contributed by atoms with van der Waals surface area (Å²) < 4.78 is 2.10. The highest BCUT2D eigenvalue weighted by Crippen LogP contribution is 2.44. The molecule has 7 heteroatoms. The maximum Gasteiger partial charge on any atom is 0.165 e. The number of Topliss-reactive ketones (excluding diaryl/α,β-unsaturated/α-hetero) is 1. The first-order valence-corrected chi connectivity index (χ1v) is 11.6. The second kappa shape index (κ2) is 8.48. The predicted molar refractivity (Wildman–Crippen MR) is 137 cm³/mol. The first-order valence-electron chi connectivity index (χ1n) is 10.8. The molecule has 0 fully saturated rings. The highest BCUT2D eigenvalue weighted by atomic mass is 32.2. The number of nitrogens with two attached hydrogens (primary N) is 3. The number of aryl methyl sites for hydroxylation is 1. The Morgan fingerprint density at radius 3 is 2.61 bits per heavy atom. The molecule has 170 valence electrons. The molecule has 1 aromatic heterocycles. The summed E-state index contributed by atoms with van der Waals surface area (Å²) in [6.07, 6.45) is 4.76. The van der Waals surface area contributed by atoms with Gasteiger partial charge in [-0.3, -0.25) is 4.79 Å². The lowest BCUT2D eigenvalue weighted by atomic mass is 9.75. The number of para-hydroxylation sites is 1. The molecule has 1 aliphatic carbocycles. The van der Waals surface area contributed by atoms with E-state index >= 15 is 0 Å². The van der Waals surface area contributed by atoms with Crippen molar-refractivity contribution in [2.75, 3.05) is 11.5 Å². The van der Waals surface area contributed by atoms with Gasteiger partial charge in [-0.05, 0) is 48.6 Å². The molecule has 6 nitrogen and oxygen atoms in total. The Hall–Kier alpha value is -3.45. The fourth-order valence-electron chi connectivity index (χ4n) is 4.45. The lowest BCUT2D eigenvalue weighted by Gasteiger charge is -2.30. The topological polar surface area (TPSA) is 112 Å². The third kappa shape index (κ3) is 4.16. The van der Waals surface area contributed by atoms with E-state index in [1.807, 2.05) is 49.5 Å². The van der Waals surface area contributed by atoms with Gasteiger partial charge < -0.3 is 21.8 Å². The molecule has 1 aliphatic rings. The molecule has 0 bridgehead atoms. The van der Waals surface area contributed by atoms with Gasteiger partial charge in [-0.1, -0.05) is 44.3 Å². The summed E-state index contributed by atoms with van der Waals surface area (Å²) >= 11 is 1.48. The van der Waals surface area contributed by atoms with E-state index < -0.39 is 0 Å². The molecule has 0 atom stereocenters. The minimum Gasteiger partial charge on any atom is -0.398 e. The van der Waals surface area contributed by atoms with Crippen LogP contribution in [0.4, 0.5) is 11.4 Å². The number of fused-ring (bicyclic) bond motifs is 1. The van der Waals surface area contributed by atoms with E-state index in [1.54, 1.807) is 0 Å². The molecule has 0 saturated heterocycles. The van der Waals surface area contributed by atoms with Crippen LogP contribution < -0.4 is 17.2 Å². The van der Waals surface area contributed by atoms with E-state index in [4.69, 9.17) is 17.2 Å². The highest BCUT2D eigenvalue weighted by molar-refractivity contribution is 7.99. The third-order valence-corrected chi connectivity index (χ3v) is 7.16. The number of hydrogen-bond donors (Lipinski definition) is 3. The molecular formula is C26H29N5OS. The lowest BCUT2D eigenvalue weighted by molar-refractivity contribution is 0.0910. The summed E-state index contributed by atoms with van der Waals surface area (Å²) in [5, 5.41) is 0. The van der Waals surface area contributed by atoms with E-state index in [-0.39, 0.29) is 11.2 Å². The quantitative estimate of drug-likeness (QED) is 0.279. The zero-order valence-electron chi connectivity index (χ0n) is 19.2. The smallest absolute Gasteiger partial charge is 0.165 e. The van der Waals surface area contributed by atoms with Gasteiger partial charge in [0.15, 0.2) is 5.78 Å². The number of hydrogen-bond acceptors (Lipinski definition) is 5. The van der Waals surface area contributed by atoms with Gasteiger partial charge >= 0.3 is 0 Å². The van der Waals surface area contributed by atoms with Crippen molar-refractivity contribution in [1.82, 2.24) is 4.57 Å². The molecule has 0 saturated carbocycles. The summed E-state index contributed by atoms with van der Waals surface area (Å²) in [7, 11) is 0. The lowest BCUT2D eigenvalue weighted by Crippen LogP contribution is -2.28. The Bertz CT molecular complexity index is 1300. The first-order chi connectivity index (χ1) is 15.6. The maximum absolute atomic E-state index is 13.0. The number of carbonyl (C=O) groups excluding carboxylic acids is 1. The van der Waals surface area contributed by atoms with Crippen LogP contribution in [0.1, 0.15) is 47.4 Å². The predicted octanol–water partition coefficient (Wildman–Crippen LogP) is 5.11. The fourth-order valence-corrected chi connectivity index (χ4v) is 5.50. The first kappa shape index (κ1) is 22.7. The summed E-state index contributed by atoms with van der Waals surface area (Å²) in [5.74, 6) is 0.477. The minimum atomic E-state index is -0.115. The average Bonchev–Trinajstić information content (AvgIpc) is 3.06. The minimum absolute atomic E-state index is 0.115. The van der Waals surface area contributed by atoms with Gasteiger partial charge in [0.25, 0.3) is 0 Å². The summed E-state index contributed by atoms with van der Waals surface area (Å²) in [6.45, 7) is 9.87. The molecule has 3 aromatic rings. The Morgan fingerprint density at radius 1 is 1.18 bits per heavy atom. The van der Waals surface area contributed by atoms with Crippen LogP contribution in [0.2, 0.25) is 0 Å². The van der Waals surface area contributed by atoms with Crippen LogP contribution in [0.3, 0.4) is 0 Å². The van der Waals surface area contributed by atoms with E-state index in [0.717, 1.165) is 38.7 Å². The molecule has 1 heterocycles. The number of carbonyl (C=O) groups is 1. The molecule has 0 aliphatic heterocycles. The fraction of sp³-hybridized carbons (Fsp3) is 0.231. The molecule has 33 heavy (non-hydrogen) atoms. The van der Waals surface area contributed by atoms with Crippen molar-refractivity contribution >= 4 is 34.8 Å². The van der Waals surface area contributed by atoms with Crippen LogP contribution in [-0.4, -0.2) is 16.2 Å². The standard InChI is InChI=1S/C26H29N5OS/c1-5-30-25(29)16-10-11-18(24(23(16)28)33-21-9-7-6-8-17(21)27)31-14-15(2)22-19(31)12-26(3,4)13-20(22)32/h5-11,14H,1,12-13,27-28H2,2-4H3,(H2,29,30). The van der Waals surface area contributed by atoms with Crippen molar-refractivity contribution in [2.24, 2.45) is 16.1 Å². The average molecular weight is 460 g/mol. The zero-order chi connectivity index (χ0) is 23.9. The number of aliphatic imine (C=N–C) groups is 1. The Kier molecular flexibility index (Phi) is 5.84. The van der Waals surface area contributed by atoms with Crippen LogP contribution in [-0.2, 0) is 6.42 Å². The van der Waals surface area contributed by atoms with Crippen molar-refractivity contribution < 1.29 is 4.79 Å². The molecule has 4 rings (SSSR count). The number of rotatable bonds is 5. The summed E-state index contributed by atoms with van der Waals surface area (Å²) in [6, 6.07) is 11.5. The zero-order valence-corrected chi connectivity index (χ0v) is 20.0. The molecule has 2 aromatic carbocycles. The van der Waals surface area contributed by atoms with Gasteiger partial charge in [0.05, 0.1) is 16.3 Å². The van der Waals surface area contributed by atoms with Crippen molar-refractivity contribution in [3.05, 3.63) is 77.8 Å². The third-order valence-electron chi connectivity index (χ3n) is 5.93. The Morgan fingerprint density at radius 2 is 1.91 bits per heavy atom. The number of benzene rings is 2. The highest BCUT2D eigenvalue weighted by Gasteiger charge is 2.35. The van der Waals surface area contributed by atoms with Gasteiger partial charge in [0.2, 0.25) is 0 Å². The second-order valence-corrected chi connectivity index (χ2v) is 10.2. The molecule has 0 radical (unpaired) electrons. The molecular weight excluding hydrogens is 430 g/mol. The summed E-state index contributed by atoms with van der Waals surface area (Å²) in [4.78, 5) is 18.8. The Labute approximate surface area is 198 Å². The van der Waals surface area contributed by atoms with Crippen LogP contribution in [0, 0.1) is 12.3 Å². The van der Waals surface area contributed by atoms with Crippen LogP contribution in [0.15, 0.2) is 70.2 Å². The maximum atomic E-state index is 13.0. The van der Waals surface area contributed by atoms with Gasteiger partial charge in [0, 0.05) is 46.2 Å². The van der Waals surface area contributed by atoms with E-state index in [0.29, 0.717) is 29.2 Å². The van der Waals surface area contributed by atoms with Gasteiger partial charge in [-0.15, -0.1) is 0 Å². The van der Waals surface area contributed by atoms with Crippen LogP contribution in [0.5, 0.6) is 0 Å². The van der Waals surface area contributed by atoms with Crippen LogP contribution in [0.25, 0.3) is 5.69 Å². The number of amidine groups is 1. The van der Waals surface area contributed by atoms with Gasteiger partial charge in [-0.2, -0.15) is 0 Å². The van der Waals surface area contributed by atoms with E-state index in [2.05, 4.69) is 30.0 Å². The number of nitrogen functional groups attached to an aromatic ring is 2. The van der Waals surface area contributed by atoms with Crippen molar-refractivity contribution in [3.63, 3.8) is 0 Å². The molecule has 0 spiro atoms. The summed E-state index contributed by atoms with van der Waals surface area (Å²) in [5.41, 5.74) is 24.5. The SMILES string of the molecule is C=C/N=C(/N)c1ccc(-n2cc(C)c3c2CC(C)(C)CC3=O)c(Sc2ccccc2N)c1N. The molecule has 6 N–H and O–H groups in total. The van der Waals surface area contributed by atoms with Crippen molar-refractivity contribution in [2.45, 2.75) is 43.4 Å². The second-order valence-electron chi connectivity index (χ2n) is 9.16. The Balaban J connectivity index is 1.97. The monoisotopic (exact) mass is 459 g/mol.